The molecule has 1 aromatic carbocycles. The first-order valence-electron chi connectivity index (χ1n) is 5.85. The van der Waals surface area contributed by atoms with Crippen LogP contribution in [0, 0.1) is 12.7 Å². The van der Waals surface area contributed by atoms with Crippen molar-refractivity contribution in [2.45, 2.75) is 19.9 Å². The molecule has 0 spiro atoms. The zero-order valence-electron chi connectivity index (χ0n) is 10.3. The van der Waals surface area contributed by atoms with Gasteiger partial charge in [0.25, 0.3) is 0 Å². The molecule has 0 radical (unpaired) electrons. The fraction of sp³-hybridized carbons (Fsp3) is 0.286. The molecule has 1 aromatic heterocycles. The Hall–Kier alpha value is -0.900. The van der Waals surface area contributed by atoms with E-state index in [0.29, 0.717) is 0 Å². The first kappa shape index (κ1) is 13.5. The number of nitrogens with one attached hydrogen (secondary N) is 1. The lowest BCUT2D eigenvalue weighted by Crippen LogP contribution is -2.21. The molecule has 0 fully saturated rings. The molecule has 0 saturated carbocycles. The Balaban J connectivity index is 2.41. The third-order valence-electron chi connectivity index (χ3n) is 2.85. The normalized spacial score (nSPS) is 12.7. The Bertz CT molecular complexity index is 538. The summed E-state index contributed by atoms with van der Waals surface area (Å²) in [6.45, 7) is 4.99. The minimum Gasteiger partial charge on any atom is -0.306 e. The van der Waals surface area contributed by atoms with Gasteiger partial charge < -0.3 is 5.32 Å². The van der Waals surface area contributed by atoms with Crippen LogP contribution in [0.15, 0.2) is 29.6 Å². The van der Waals surface area contributed by atoms with Crippen LogP contribution < -0.4 is 5.32 Å². The van der Waals surface area contributed by atoms with Crippen molar-refractivity contribution in [2.75, 3.05) is 6.54 Å². The lowest BCUT2D eigenvalue weighted by atomic mass is 10.0. The molecule has 0 aliphatic carbocycles. The first-order chi connectivity index (χ1) is 8.63. The minimum absolute atomic E-state index is 0.0769. The molecule has 0 aliphatic heterocycles. The topological polar surface area (TPSA) is 12.0 Å². The number of hydrogen-bond acceptors (Lipinski definition) is 2. The zero-order valence-corrected chi connectivity index (χ0v) is 11.9. The summed E-state index contributed by atoms with van der Waals surface area (Å²) in [4.78, 5) is 1.25. The summed E-state index contributed by atoms with van der Waals surface area (Å²) in [5, 5.41) is 5.66. The maximum absolute atomic E-state index is 13.2. The predicted octanol–water partition coefficient (Wildman–Crippen LogP) is 4.55. The highest BCUT2D eigenvalue weighted by Gasteiger charge is 2.17. The second-order valence-electron chi connectivity index (χ2n) is 4.13. The third kappa shape index (κ3) is 2.74. The van der Waals surface area contributed by atoms with E-state index in [0.717, 1.165) is 12.1 Å². The van der Waals surface area contributed by atoms with Gasteiger partial charge in [-0.1, -0.05) is 24.6 Å². The van der Waals surface area contributed by atoms with Crippen molar-refractivity contribution in [1.29, 1.82) is 0 Å². The molecule has 2 rings (SSSR count). The second-order valence-corrected chi connectivity index (χ2v) is 5.49. The van der Waals surface area contributed by atoms with Gasteiger partial charge in [0.15, 0.2) is 0 Å². The van der Waals surface area contributed by atoms with Crippen LogP contribution in [0.5, 0.6) is 0 Å². The van der Waals surface area contributed by atoms with E-state index in [2.05, 4.69) is 30.6 Å². The lowest BCUT2D eigenvalue weighted by Gasteiger charge is -2.18. The molecule has 1 nitrogen and oxygen atoms in total. The quantitative estimate of drug-likeness (QED) is 0.868. The van der Waals surface area contributed by atoms with Gasteiger partial charge in [0, 0.05) is 4.88 Å². The zero-order chi connectivity index (χ0) is 13.1. The van der Waals surface area contributed by atoms with E-state index in [-0.39, 0.29) is 16.9 Å². The van der Waals surface area contributed by atoms with Gasteiger partial charge in [-0.3, -0.25) is 0 Å². The van der Waals surface area contributed by atoms with Gasteiger partial charge in [0.1, 0.15) is 5.82 Å². The number of hydrogen-bond donors (Lipinski definition) is 1. The van der Waals surface area contributed by atoms with Gasteiger partial charge in [-0.05, 0) is 48.2 Å². The smallest absolute Gasteiger partial charge is 0.141 e. The summed E-state index contributed by atoms with van der Waals surface area (Å²) < 4.78 is 13.2. The highest BCUT2D eigenvalue weighted by Crippen LogP contribution is 2.31. The molecule has 4 heteroatoms. The number of benzene rings is 1. The van der Waals surface area contributed by atoms with E-state index in [1.54, 1.807) is 23.5 Å². The van der Waals surface area contributed by atoms with Gasteiger partial charge >= 0.3 is 0 Å². The second kappa shape index (κ2) is 5.83. The first-order valence-corrected chi connectivity index (χ1v) is 7.11. The van der Waals surface area contributed by atoms with E-state index in [1.807, 2.05) is 0 Å². The van der Waals surface area contributed by atoms with E-state index in [4.69, 9.17) is 11.6 Å². The summed E-state index contributed by atoms with van der Waals surface area (Å²) in [5.74, 6) is -0.376. The molecule has 0 bridgehead atoms. The number of halogens is 2. The van der Waals surface area contributed by atoms with Crippen molar-refractivity contribution >= 4 is 22.9 Å². The monoisotopic (exact) mass is 283 g/mol. The van der Waals surface area contributed by atoms with Gasteiger partial charge in [-0.15, -0.1) is 11.3 Å². The number of rotatable bonds is 4. The Labute approximate surface area is 116 Å². The van der Waals surface area contributed by atoms with Gasteiger partial charge in [-0.2, -0.15) is 0 Å². The molecular weight excluding hydrogens is 269 g/mol. The maximum atomic E-state index is 13.2. The van der Waals surface area contributed by atoms with Gasteiger partial charge in [0.2, 0.25) is 0 Å². The van der Waals surface area contributed by atoms with Crippen LogP contribution in [0.2, 0.25) is 5.02 Å². The molecule has 0 saturated heterocycles. The third-order valence-corrected chi connectivity index (χ3v) is 4.22. The van der Waals surface area contributed by atoms with Crippen molar-refractivity contribution in [3.63, 3.8) is 0 Å². The van der Waals surface area contributed by atoms with Crippen LogP contribution in [-0.2, 0) is 0 Å². The number of thiophene rings is 1. The molecule has 2 aromatic rings. The van der Waals surface area contributed by atoms with Crippen LogP contribution in [-0.4, -0.2) is 6.54 Å². The largest absolute Gasteiger partial charge is 0.306 e. The van der Waals surface area contributed by atoms with Crippen LogP contribution in [0.25, 0.3) is 0 Å². The van der Waals surface area contributed by atoms with Crippen molar-refractivity contribution in [2.24, 2.45) is 0 Å². The fourth-order valence-electron chi connectivity index (χ4n) is 1.94. The fourth-order valence-corrected chi connectivity index (χ4v) is 3.16. The van der Waals surface area contributed by atoms with Crippen LogP contribution in [0.4, 0.5) is 4.39 Å². The summed E-state index contributed by atoms with van der Waals surface area (Å²) in [5.41, 5.74) is 2.24. The SMILES string of the molecule is CCNC(c1ccc(F)c(Cl)c1)c1sccc1C. The molecule has 0 aliphatic rings. The van der Waals surface area contributed by atoms with E-state index < -0.39 is 0 Å². The van der Waals surface area contributed by atoms with Gasteiger partial charge in [0.05, 0.1) is 11.1 Å². The predicted molar refractivity (Wildman–Crippen MR) is 76.0 cm³/mol. The molecule has 1 N–H and O–H groups in total. The van der Waals surface area contributed by atoms with Crippen molar-refractivity contribution in [1.82, 2.24) is 5.32 Å². The van der Waals surface area contributed by atoms with E-state index in [9.17, 15) is 4.39 Å². The number of aryl methyl sites for hydroxylation is 1. The minimum atomic E-state index is -0.376. The molecule has 1 unspecified atom stereocenters. The Morgan fingerprint density at radius 1 is 1.39 bits per heavy atom. The van der Waals surface area contributed by atoms with Crippen LogP contribution in [0.3, 0.4) is 0 Å². The average molecular weight is 284 g/mol. The molecular formula is C14H15ClFNS. The standard InChI is InChI=1S/C14H15ClFNS/c1-3-17-13(14-9(2)6-7-18-14)10-4-5-12(16)11(15)8-10/h4-8,13,17H,3H2,1-2H3. The maximum Gasteiger partial charge on any atom is 0.141 e. The Morgan fingerprint density at radius 2 is 2.17 bits per heavy atom. The van der Waals surface area contributed by atoms with Crippen molar-refractivity contribution < 1.29 is 4.39 Å². The van der Waals surface area contributed by atoms with E-state index >= 15 is 0 Å². The summed E-state index contributed by atoms with van der Waals surface area (Å²) in [6.07, 6.45) is 0. The molecule has 18 heavy (non-hydrogen) atoms. The molecule has 1 heterocycles. The van der Waals surface area contributed by atoms with Crippen LogP contribution in [0.1, 0.15) is 29.0 Å². The Morgan fingerprint density at radius 3 is 2.72 bits per heavy atom. The van der Waals surface area contributed by atoms with Crippen LogP contribution >= 0.6 is 22.9 Å². The summed E-state index contributed by atoms with van der Waals surface area (Å²) in [6, 6.07) is 7.07. The molecule has 1 atom stereocenters. The summed E-state index contributed by atoms with van der Waals surface area (Å²) in [7, 11) is 0. The van der Waals surface area contributed by atoms with E-state index in [1.165, 1.54) is 16.5 Å². The molecule has 96 valence electrons. The highest BCUT2D eigenvalue weighted by atomic mass is 35.5. The Kier molecular flexibility index (Phi) is 4.38. The highest BCUT2D eigenvalue weighted by molar-refractivity contribution is 7.10. The summed E-state index contributed by atoms with van der Waals surface area (Å²) >= 11 is 7.56. The molecule has 0 amide bonds. The van der Waals surface area contributed by atoms with Crippen molar-refractivity contribution in [3.05, 3.63) is 56.5 Å². The van der Waals surface area contributed by atoms with Gasteiger partial charge in [-0.25, -0.2) is 4.39 Å². The van der Waals surface area contributed by atoms with Crippen molar-refractivity contribution in [3.8, 4) is 0 Å². The average Bonchev–Trinajstić information content (AvgIpc) is 2.76. The lowest BCUT2D eigenvalue weighted by molar-refractivity contribution is 0.616.